The van der Waals surface area contributed by atoms with E-state index in [2.05, 4.69) is 26.0 Å². The Bertz CT molecular complexity index is 678. The third kappa shape index (κ3) is 2.11. The van der Waals surface area contributed by atoms with Crippen molar-refractivity contribution in [2.75, 3.05) is 6.61 Å². The molecule has 0 fully saturated rings. The van der Waals surface area contributed by atoms with Gasteiger partial charge in [-0.1, -0.05) is 19.9 Å². The zero-order valence-corrected chi connectivity index (χ0v) is 13.3. The molecule has 2 aliphatic rings. The van der Waals surface area contributed by atoms with Crippen LogP contribution in [0.3, 0.4) is 0 Å². The number of thiophene rings is 1. The highest BCUT2D eigenvalue weighted by Crippen LogP contribution is 2.41. The Morgan fingerprint density at radius 2 is 2.10 bits per heavy atom. The molecule has 0 amide bonds. The van der Waals surface area contributed by atoms with Crippen molar-refractivity contribution in [3.05, 3.63) is 50.7 Å². The Morgan fingerprint density at radius 1 is 1.24 bits per heavy atom. The Kier molecular flexibility index (Phi) is 2.92. The smallest absolute Gasteiger partial charge is 0.123 e. The van der Waals surface area contributed by atoms with E-state index in [1.165, 1.54) is 35.3 Å². The number of aryl methyl sites for hydroxylation is 2. The van der Waals surface area contributed by atoms with E-state index in [4.69, 9.17) is 4.74 Å². The maximum absolute atomic E-state index is 10.7. The van der Waals surface area contributed by atoms with Gasteiger partial charge in [-0.25, -0.2) is 0 Å². The highest BCUT2D eigenvalue weighted by atomic mass is 32.1. The molecule has 1 aromatic carbocycles. The SMILES string of the molecule is CC1(C)COc2ccc(C(O)c3cc4c(s3)CCC4)cc21. The molecule has 1 aromatic heterocycles. The molecule has 0 bridgehead atoms. The molecule has 0 radical (unpaired) electrons. The lowest BCUT2D eigenvalue weighted by Crippen LogP contribution is -2.18. The molecule has 0 saturated heterocycles. The van der Waals surface area contributed by atoms with Crippen molar-refractivity contribution >= 4 is 11.3 Å². The van der Waals surface area contributed by atoms with Crippen LogP contribution in [0.15, 0.2) is 24.3 Å². The first kappa shape index (κ1) is 13.4. The van der Waals surface area contributed by atoms with Crippen LogP contribution in [-0.2, 0) is 18.3 Å². The normalized spacial score (nSPS) is 20.0. The molecule has 1 atom stereocenters. The van der Waals surface area contributed by atoms with Gasteiger partial charge < -0.3 is 9.84 Å². The van der Waals surface area contributed by atoms with Crippen LogP contribution in [0.1, 0.15) is 52.8 Å². The van der Waals surface area contributed by atoms with E-state index in [-0.39, 0.29) is 5.41 Å². The zero-order valence-electron chi connectivity index (χ0n) is 12.5. The number of hydrogen-bond donors (Lipinski definition) is 1. The van der Waals surface area contributed by atoms with Crippen LogP contribution in [-0.4, -0.2) is 11.7 Å². The molecule has 1 N–H and O–H groups in total. The van der Waals surface area contributed by atoms with Crippen LogP contribution in [0, 0.1) is 0 Å². The van der Waals surface area contributed by atoms with Gasteiger partial charge in [0, 0.05) is 20.7 Å². The number of hydrogen-bond acceptors (Lipinski definition) is 3. The minimum absolute atomic E-state index is 0.0300. The second kappa shape index (κ2) is 4.59. The molecule has 0 spiro atoms. The fourth-order valence-electron chi connectivity index (χ4n) is 3.36. The standard InChI is InChI=1S/C18H20O2S/c1-18(2)10-20-14-7-6-12(8-13(14)18)17(19)16-9-11-4-3-5-15(11)21-16/h6-9,17,19H,3-5,10H2,1-2H3. The van der Waals surface area contributed by atoms with Crippen molar-refractivity contribution in [1.29, 1.82) is 0 Å². The first-order valence-corrected chi connectivity index (χ1v) is 8.43. The monoisotopic (exact) mass is 300 g/mol. The van der Waals surface area contributed by atoms with Crippen molar-refractivity contribution in [2.45, 2.75) is 44.6 Å². The molecular weight excluding hydrogens is 280 g/mol. The summed E-state index contributed by atoms with van der Waals surface area (Å²) in [4.78, 5) is 2.55. The number of aliphatic hydroxyl groups is 1. The van der Waals surface area contributed by atoms with Gasteiger partial charge in [-0.15, -0.1) is 11.3 Å². The minimum Gasteiger partial charge on any atom is -0.492 e. The lowest BCUT2D eigenvalue weighted by molar-refractivity contribution is 0.224. The Morgan fingerprint density at radius 3 is 2.90 bits per heavy atom. The summed E-state index contributed by atoms with van der Waals surface area (Å²) < 4.78 is 5.72. The molecule has 0 saturated carbocycles. The number of ether oxygens (including phenoxy) is 1. The van der Waals surface area contributed by atoms with Gasteiger partial charge in [-0.05, 0) is 48.6 Å². The van der Waals surface area contributed by atoms with Gasteiger partial charge in [0.25, 0.3) is 0 Å². The highest BCUT2D eigenvalue weighted by Gasteiger charge is 2.32. The minimum atomic E-state index is -0.512. The Balaban J connectivity index is 1.70. The molecule has 21 heavy (non-hydrogen) atoms. The Labute approximate surface area is 129 Å². The molecule has 110 valence electrons. The molecule has 1 aliphatic heterocycles. The van der Waals surface area contributed by atoms with Crippen LogP contribution in [0.2, 0.25) is 0 Å². The van der Waals surface area contributed by atoms with Crippen LogP contribution >= 0.6 is 11.3 Å². The van der Waals surface area contributed by atoms with E-state index in [0.29, 0.717) is 0 Å². The summed E-state index contributed by atoms with van der Waals surface area (Å²) in [5.74, 6) is 0.963. The van der Waals surface area contributed by atoms with Gasteiger partial charge in [-0.2, -0.15) is 0 Å². The number of rotatable bonds is 2. The van der Waals surface area contributed by atoms with Gasteiger partial charge in [0.05, 0.1) is 6.61 Å². The van der Waals surface area contributed by atoms with Gasteiger partial charge in [0.15, 0.2) is 0 Å². The summed E-state index contributed by atoms with van der Waals surface area (Å²) in [6.07, 6.45) is 3.10. The van der Waals surface area contributed by atoms with E-state index in [9.17, 15) is 5.11 Å². The molecule has 1 aliphatic carbocycles. The Hall–Kier alpha value is -1.32. The quantitative estimate of drug-likeness (QED) is 0.908. The summed E-state index contributed by atoms with van der Waals surface area (Å²) in [6.45, 7) is 5.10. The molecule has 1 unspecified atom stereocenters. The largest absolute Gasteiger partial charge is 0.492 e. The average Bonchev–Trinajstić information content (AvgIpc) is 3.11. The highest BCUT2D eigenvalue weighted by molar-refractivity contribution is 7.12. The predicted molar refractivity (Wildman–Crippen MR) is 85.4 cm³/mol. The summed E-state index contributed by atoms with van der Waals surface area (Å²) in [6, 6.07) is 8.32. The van der Waals surface area contributed by atoms with E-state index in [0.717, 1.165) is 22.8 Å². The number of benzene rings is 1. The van der Waals surface area contributed by atoms with E-state index < -0.39 is 6.10 Å². The summed E-state index contributed by atoms with van der Waals surface area (Å²) in [5, 5.41) is 10.7. The lowest BCUT2D eigenvalue weighted by atomic mass is 9.85. The average molecular weight is 300 g/mol. The van der Waals surface area contributed by atoms with Crippen molar-refractivity contribution in [1.82, 2.24) is 0 Å². The third-order valence-corrected chi connectivity index (χ3v) is 5.96. The van der Waals surface area contributed by atoms with Gasteiger partial charge in [-0.3, -0.25) is 0 Å². The lowest BCUT2D eigenvalue weighted by Gasteiger charge is -2.17. The van der Waals surface area contributed by atoms with Crippen LogP contribution in [0.5, 0.6) is 5.75 Å². The molecule has 3 heteroatoms. The van der Waals surface area contributed by atoms with Gasteiger partial charge in [0.2, 0.25) is 0 Å². The van der Waals surface area contributed by atoms with Gasteiger partial charge >= 0.3 is 0 Å². The van der Waals surface area contributed by atoms with E-state index >= 15 is 0 Å². The molecule has 2 nitrogen and oxygen atoms in total. The topological polar surface area (TPSA) is 29.5 Å². The first-order valence-electron chi connectivity index (χ1n) is 7.61. The maximum atomic E-state index is 10.7. The predicted octanol–water partition coefficient (Wildman–Crippen LogP) is 3.99. The van der Waals surface area contributed by atoms with Crippen molar-refractivity contribution in [3.8, 4) is 5.75 Å². The molecule has 2 heterocycles. The van der Waals surface area contributed by atoms with Gasteiger partial charge in [0.1, 0.15) is 11.9 Å². The second-order valence-electron chi connectivity index (χ2n) is 6.78. The summed E-state index contributed by atoms with van der Waals surface area (Å²) >= 11 is 1.78. The molecular formula is C18H20O2S. The third-order valence-electron chi connectivity index (χ3n) is 4.67. The first-order chi connectivity index (χ1) is 10.0. The van der Waals surface area contributed by atoms with Crippen LogP contribution in [0.4, 0.5) is 0 Å². The maximum Gasteiger partial charge on any atom is 0.123 e. The molecule has 4 rings (SSSR count). The summed E-state index contributed by atoms with van der Waals surface area (Å²) in [7, 11) is 0. The number of fused-ring (bicyclic) bond motifs is 2. The van der Waals surface area contributed by atoms with E-state index in [1.54, 1.807) is 11.3 Å². The second-order valence-corrected chi connectivity index (χ2v) is 7.95. The fourth-order valence-corrected chi connectivity index (χ4v) is 4.63. The van der Waals surface area contributed by atoms with Crippen LogP contribution in [0.25, 0.3) is 0 Å². The number of aliphatic hydroxyl groups excluding tert-OH is 1. The zero-order chi connectivity index (χ0) is 14.6. The van der Waals surface area contributed by atoms with Crippen molar-refractivity contribution in [3.63, 3.8) is 0 Å². The van der Waals surface area contributed by atoms with Crippen LogP contribution < -0.4 is 4.74 Å². The van der Waals surface area contributed by atoms with Crippen molar-refractivity contribution < 1.29 is 9.84 Å². The van der Waals surface area contributed by atoms with Crippen molar-refractivity contribution in [2.24, 2.45) is 0 Å². The molecule has 2 aromatic rings. The fraction of sp³-hybridized carbons (Fsp3) is 0.444. The summed E-state index contributed by atoms with van der Waals surface area (Å²) in [5.41, 5.74) is 3.66. The van der Waals surface area contributed by atoms with E-state index in [1.807, 2.05) is 12.1 Å².